The number of nitrogens with one attached hydrogen (secondary N) is 1. The number of aryl methyl sites for hydroxylation is 2. The highest BCUT2D eigenvalue weighted by atomic mass is 32.2. The van der Waals surface area contributed by atoms with Crippen molar-refractivity contribution < 1.29 is 23.8 Å². The molecule has 0 unspecified atom stereocenters. The Morgan fingerprint density at radius 3 is 2.45 bits per heavy atom. The molecule has 3 aromatic rings. The third kappa shape index (κ3) is 6.35. The molecular weight excluding hydrogens is 520 g/mol. The van der Waals surface area contributed by atoms with Crippen LogP contribution >= 0.6 is 24.0 Å². The molecule has 1 heterocycles. The molecule has 1 fully saturated rings. The average molecular weight is 549 g/mol. The zero-order chi connectivity index (χ0) is 27.2. The second-order valence-electron chi connectivity index (χ2n) is 8.49. The molecule has 0 aliphatic carbocycles. The van der Waals surface area contributed by atoms with Crippen LogP contribution < -0.4 is 24.4 Å². The van der Waals surface area contributed by atoms with E-state index in [4.69, 9.17) is 26.4 Å². The van der Waals surface area contributed by atoms with E-state index in [0.29, 0.717) is 38.7 Å². The van der Waals surface area contributed by atoms with Gasteiger partial charge in [-0.3, -0.25) is 14.5 Å². The van der Waals surface area contributed by atoms with Gasteiger partial charge in [0.2, 0.25) is 0 Å². The standard InChI is InChI=1S/C29H28N2O5S2/c1-5-35-23-11-9-22(10-12-23)31-28(33)26(38-29(31)37)16-20-7-13-24(25(15-20)34-4)36-17-27(32)30-21-8-6-18(2)19(3)14-21/h6-16H,5,17H2,1-4H3,(H,30,32)/b26-16-. The number of hydrogen-bond donors (Lipinski definition) is 1. The van der Waals surface area contributed by atoms with Gasteiger partial charge in [-0.2, -0.15) is 0 Å². The maximum Gasteiger partial charge on any atom is 0.270 e. The Kier molecular flexibility index (Phi) is 8.70. The van der Waals surface area contributed by atoms with E-state index >= 15 is 0 Å². The van der Waals surface area contributed by atoms with Crippen molar-refractivity contribution in [3.63, 3.8) is 0 Å². The smallest absolute Gasteiger partial charge is 0.270 e. The van der Waals surface area contributed by atoms with E-state index in [2.05, 4.69) is 5.32 Å². The fraction of sp³-hybridized carbons (Fsp3) is 0.207. The van der Waals surface area contributed by atoms with E-state index in [1.54, 1.807) is 24.3 Å². The fourth-order valence-corrected chi connectivity index (χ4v) is 5.05. The number of methoxy groups -OCH3 is 1. The van der Waals surface area contributed by atoms with Crippen LogP contribution in [0.4, 0.5) is 11.4 Å². The van der Waals surface area contributed by atoms with E-state index < -0.39 is 0 Å². The van der Waals surface area contributed by atoms with Gasteiger partial charge in [-0.25, -0.2) is 0 Å². The van der Waals surface area contributed by atoms with Gasteiger partial charge in [-0.15, -0.1) is 0 Å². The third-order valence-corrected chi connectivity index (χ3v) is 7.14. The summed E-state index contributed by atoms with van der Waals surface area (Å²) in [6, 6.07) is 18.2. The van der Waals surface area contributed by atoms with Gasteiger partial charge >= 0.3 is 0 Å². The van der Waals surface area contributed by atoms with Crippen molar-refractivity contribution in [3.8, 4) is 17.2 Å². The Hall–Kier alpha value is -3.82. The molecule has 1 N–H and O–H groups in total. The lowest BCUT2D eigenvalue weighted by molar-refractivity contribution is -0.118. The van der Waals surface area contributed by atoms with Crippen LogP contribution in [-0.4, -0.2) is 36.5 Å². The summed E-state index contributed by atoms with van der Waals surface area (Å²) in [6.07, 6.45) is 1.76. The van der Waals surface area contributed by atoms with Gasteiger partial charge in [-0.05, 0) is 92.1 Å². The van der Waals surface area contributed by atoms with Gasteiger partial charge in [0.1, 0.15) is 5.75 Å². The van der Waals surface area contributed by atoms with Crippen molar-refractivity contribution in [1.29, 1.82) is 0 Å². The summed E-state index contributed by atoms with van der Waals surface area (Å²) in [6.45, 7) is 6.31. The number of thiocarbonyl (C=S) groups is 1. The molecule has 0 radical (unpaired) electrons. The fourth-order valence-electron chi connectivity index (χ4n) is 3.75. The zero-order valence-corrected chi connectivity index (χ0v) is 23.2. The normalized spacial score (nSPS) is 14.1. The van der Waals surface area contributed by atoms with Crippen molar-refractivity contribution in [2.24, 2.45) is 0 Å². The van der Waals surface area contributed by atoms with E-state index in [1.807, 2.05) is 63.2 Å². The van der Waals surface area contributed by atoms with Crippen LogP contribution in [-0.2, 0) is 9.59 Å². The van der Waals surface area contributed by atoms with Gasteiger partial charge in [0.25, 0.3) is 11.8 Å². The van der Waals surface area contributed by atoms with Crippen molar-refractivity contribution in [3.05, 3.63) is 82.3 Å². The van der Waals surface area contributed by atoms with Crippen LogP contribution in [0.1, 0.15) is 23.6 Å². The number of hydrogen-bond acceptors (Lipinski definition) is 7. The highest BCUT2D eigenvalue weighted by Gasteiger charge is 2.33. The van der Waals surface area contributed by atoms with Crippen molar-refractivity contribution in [2.45, 2.75) is 20.8 Å². The van der Waals surface area contributed by atoms with E-state index in [1.165, 1.54) is 23.8 Å². The summed E-state index contributed by atoms with van der Waals surface area (Å²) in [7, 11) is 1.52. The molecule has 1 aliphatic heterocycles. The largest absolute Gasteiger partial charge is 0.494 e. The monoisotopic (exact) mass is 548 g/mol. The lowest BCUT2D eigenvalue weighted by atomic mass is 10.1. The highest BCUT2D eigenvalue weighted by molar-refractivity contribution is 8.27. The predicted molar refractivity (Wildman–Crippen MR) is 156 cm³/mol. The summed E-state index contributed by atoms with van der Waals surface area (Å²) in [5.74, 6) is 1.11. The Balaban J connectivity index is 1.43. The topological polar surface area (TPSA) is 77.1 Å². The van der Waals surface area contributed by atoms with Gasteiger partial charge in [0.15, 0.2) is 22.4 Å². The average Bonchev–Trinajstić information content (AvgIpc) is 3.18. The third-order valence-electron chi connectivity index (χ3n) is 5.83. The highest BCUT2D eigenvalue weighted by Crippen LogP contribution is 2.37. The lowest BCUT2D eigenvalue weighted by Gasteiger charge is -2.15. The number of thioether (sulfide) groups is 1. The SMILES string of the molecule is CCOc1ccc(N2C(=O)/C(=C/c3ccc(OCC(=O)Nc4ccc(C)c(C)c4)c(OC)c3)SC2=S)cc1. The van der Waals surface area contributed by atoms with E-state index in [0.717, 1.165) is 22.4 Å². The van der Waals surface area contributed by atoms with Crippen LogP contribution in [0.5, 0.6) is 17.2 Å². The van der Waals surface area contributed by atoms with Gasteiger partial charge < -0.3 is 19.5 Å². The number of amides is 2. The Morgan fingerprint density at radius 2 is 1.76 bits per heavy atom. The first-order valence-corrected chi connectivity index (χ1v) is 13.2. The summed E-state index contributed by atoms with van der Waals surface area (Å²) in [5.41, 5.74) is 4.38. The Labute approximate surface area is 231 Å². The molecule has 0 aromatic heterocycles. The molecule has 0 bridgehead atoms. The molecule has 0 spiro atoms. The first-order valence-electron chi connectivity index (χ1n) is 12.0. The molecule has 9 heteroatoms. The quantitative estimate of drug-likeness (QED) is 0.254. The molecule has 4 rings (SSSR count). The summed E-state index contributed by atoms with van der Waals surface area (Å²) in [5, 5.41) is 2.83. The van der Waals surface area contributed by atoms with E-state index in [-0.39, 0.29) is 18.4 Å². The molecule has 2 amide bonds. The van der Waals surface area contributed by atoms with Gasteiger partial charge in [-0.1, -0.05) is 36.1 Å². The van der Waals surface area contributed by atoms with E-state index in [9.17, 15) is 9.59 Å². The number of rotatable bonds is 9. The molecule has 196 valence electrons. The Morgan fingerprint density at radius 1 is 1.00 bits per heavy atom. The minimum atomic E-state index is -0.280. The number of benzene rings is 3. The molecule has 0 saturated carbocycles. The summed E-state index contributed by atoms with van der Waals surface area (Å²) >= 11 is 6.71. The van der Waals surface area contributed by atoms with Crippen LogP contribution in [0.25, 0.3) is 6.08 Å². The molecule has 1 saturated heterocycles. The minimum absolute atomic E-state index is 0.177. The molecule has 38 heavy (non-hydrogen) atoms. The minimum Gasteiger partial charge on any atom is -0.494 e. The molecule has 1 aliphatic rings. The van der Waals surface area contributed by atoms with Crippen LogP contribution in [0.2, 0.25) is 0 Å². The Bertz CT molecular complexity index is 1400. The van der Waals surface area contributed by atoms with Crippen molar-refractivity contribution in [1.82, 2.24) is 0 Å². The summed E-state index contributed by atoms with van der Waals surface area (Å²) < 4.78 is 17.1. The molecule has 0 atom stereocenters. The first kappa shape index (κ1) is 27.2. The number of ether oxygens (including phenoxy) is 3. The number of nitrogens with zero attached hydrogens (tertiary/aromatic N) is 1. The molecule has 3 aromatic carbocycles. The summed E-state index contributed by atoms with van der Waals surface area (Å²) in [4.78, 5) is 27.5. The maximum absolute atomic E-state index is 13.1. The predicted octanol–water partition coefficient (Wildman–Crippen LogP) is 6.13. The van der Waals surface area contributed by atoms with Crippen LogP contribution in [0.3, 0.4) is 0 Å². The number of anilines is 2. The van der Waals surface area contributed by atoms with Gasteiger partial charge in [0, 0.05) is 5.69 Å². The first-order chi connectivity index (χ1) is 18.3. The maximum atomic E-state index is 13.1. The zero-order valence-electron chi connectivity index (χ0n) is 21.6. The molecular formula is C29H28N2O5S2. The number of carbonyl (C=O) groups is 2. The van der Waals surface area contributed by atoms with Crippen LogP contribution in [0.15, 0.2) is 65.6 Å². The van der Waals surface area contributed by atoms with Gasteiger partial charge in [0.05, 0.1) is 24.3 Å². The number of carbonyl (C=O) groups excluding carboxylic acids is 2. The lowest BCUT2D eigenvalue weighted by Crippen LogP contribution is -2.27. The van der Waals surface area contributed by atoms with Crippen LogP contribution in [0, 0.1) is 13.8 Å². The second kappa shape index (κ2) is 12.1. The molecule has 7 nitrogen and oxygen atoms in total. The van der Waals surface area contributed by atoms with Crippen molar-refractivity contribution >= 4 is 57.6 Å². The second-order valence-corrected chi connectivity index (χ2v) is 10.2. The van der Waals surface area contributed by atoms with Crippen molar-refractivity contribution in [2.75, 3.05) is 30.5 Å².